The van der Waals surface area contributed by atoms with Gasteiger partial charge >= 0.3 is 0 Å². The van der Waals surface area contributed by atoms with Crippen molar-refractivity contribution in [3.05, 3.63) is 211 Å². The highest BCUT2D eigenvalue weighted by molar-refractivity contribution is 6.11. The van der Waals surface area contributed by atoms with Crippen molar-refractivity contribution in [1.82, 2.24) is 9.13 Å². The first kappa shape index (κ1) is 34.5. The summed E-state index contributed by atoms with van der Waals surface area (Å²) in [4.78, 5) is 5.08. The Hall–Kier alpha value is -7.23. The first-order valence-corrected chi connectivity index (χ1v) is 19.1. The average Bonchev–Trinajstić information content (AvgIpc) is 3.77. The SMILES string of the molecule is C=Cc1c(C=C)n(-c2cccc(-c3ccccc3)c2)c2ccc(-c3ccc4c5ccccc5n(-c5cccc(C(C)=N/C(=C\C)c6ccccc6)c5)c4c3)cc12. The van der Waals surface area contributed by atoms with Gasteiger partial charge in [-0.05, 0) is 102 Å². The maximum Gasteiger partial charge on any atom is 0.0662 e. The van der Waals surface area contributed by atoms with E-state index in [4.69, 9.17) is 4.99 Å². The Balaban J connectivity index is 1.17. The van der Waals surface area contributed by atoms with Gasteiger partial charge in [-0.25, -0.2) is 0 Å². The van der Waals surface area contributed by atoms with E-state index >= 15 is 0 Å². The van der Waals surface area contributed by atoms with Crippen molar-refractivity contribution in [1.29, 1.82) is 0 Å². The lowest BCUT2D eigenvalue weighted by atomic mass is 10.0. The monoisotopic (exact) mass is 719 g/mol. The second kappa shape index (κ2) is 14.5. The molecule has 9 aromatic rings. The highest BCUT2D eigenvalue weighted by atomic mass is 15.0. The molecular weight excluding hydrogens is 679 g/mol. The molecule has 9 rings (SSSR count). The number of rotatable bonds is 9. The highest BCUT2D eigenvalue weighted by Gasteiger charge is 2.18. The Morgan fingerprint density at radius 2 is 1.09 bits per heavy atom. The number of hydrogen-bond acceptors (Lipinski definition) is 1. The first-order chi connectivity index (χ1) is 27.6. The molecule has 0 atom stereocenters. The number of benzene rings is 7. The highest BCUT2D eigenvalue weighted by Crippen LogP contribution is 2.38. The topological polar surface area (TPSA) is 22.2 Å². The molecule has 2 heterocycles. The zero-order chi connectivity index (χ0) is 38.2. The summed E-state index contributed by atoms with van der Waals surface area (Å²) in [6, 6.07) is 60.6. The van der Waals surface area contributed by atoms with Crippen LogP contribution in [-0.4, -0.2) is 14.8 Å². The lowest BCUT2D eigenvalue weighted by Gasteiger charge is -2.12. The number of allylic oxidation sites excluding steroid dienone is 1. The van der Waals surface area contributed by atoms with Crippen LogP contribution in [0.3, 0.4) is 0 Å². The second-order valence-electron chi connectivity index (χ2n) is 14.1. The zero-order valence-corrected chi connectivity index (χ0v) is 31.7. The van der Waals surface area contributed by atoms with Crippen LogP contribution in [-0.2, 0) is 0 Å². The fourth-order valence-corrected chi connectivity index (χ4v) is 8.11. The molecule has 0 fully saturated rings. The Morgan fingerprint density at radius 1 is 0.482 bits per heavy atom. The number of hydrogen-bond donors (Lipinski definition) is 0. The third-order valence-corrected chi connectivity index (χ3v) is 10.8. The lowest BCUT2D eigenvalue weighted by molar-refractivity contribution is 1.11. The maximum atomic E-state index is 5.08. The molecule has 56 heavy (non-hydrogen) atoms. The Labute approximate surface area is 328 Å². The Kier molecular flexibility index (Phi) is 8.97. The summed E-state index contributed by atoms with van der Waals surface area (Å²) in [5.74, 6) is 0. The normalized spacial score (nSPS) is 12.1. The summed E-state index contributed by atoms with van der Waals surface area (Å²) >= 11 is 0. The van der Waals surface area contributed by atoms with E-state index in [9.17, 15) is 0 Å². The van der Waals surface area contributed by atoms with E-state index < -0.39 is 0 Å². The number of aliphatic imine (C=N–C) groups is 1. The molecule has 7 aromatic carbocycles. The average molecular weight is 720 g/mol. The molecule has 0 amide bonds. The van der Waals surface area contributed by atoms with Gasteiger partial charge in [-0.1, -0.05) is 147 Å². The van der Waals surface area contributed by atoms with Crippen LogP contribution in [0.15, 0.2) is 194 Å². The summed E-state index contributed by atoms with van der Waals surface area (Å²) in [6.45, 7) is 12.6. The molecular formula is C53H41N3. The molecule has 3 heteroatoms. The van der Waals surface area contributed by atoms with Crippen molar-refractivity contribution in [3.63, 3.8) is 0 Å². The van der Waals surface area contributed by atoms with Crippen LogP contribution in [0.5, 0.6) is 0 Å². The first-order valence-electron chi connectivity index (χ1n) is 19.1. The predicted molar refractivity (Wildman–Crippen MR) is 241 cm³/mol. The summed E-state index contributed by atoms with van der Waals surface area (Å²) < 4.78 is 4.69. The van der Waals surface area contributed by atoms with E-state index in [1.807, 2.05) is 25.1 Å². The molecule has 0 aliphatic heterocycles. The largest absolute Gasteiger partial charge is 0.309 e. The lowest BCUT2D eigenvalue weighted by Crippen LogP contribution is -2.00. The number of fused-ring (bicyclic) bond motifs is 4. The van der Waals surface area contributed by atoms with Gasteiger partial charge in [0.1, 0.15) is 0 Å². The van der Waals surface area contributed by atoms with Crippen molar-refractivity contribution in [2.24, 2.45) is 4.99 Å². The molecule has 0 aliphatic rings. The molecule has 268 valence electrons. The van der Waals surface area contributed by atoms with Crippen molar-refractivity contribution in [2.45, 2.75) is 13.8 Å². The van der Waals surface area contributed by atoms with E-state index in [1.165, 1.54) is 27.4 Å². The molecule has 0 unspecified atom stereocenters. The number of nitrogens with zero attached hydrogens (tertiary/aromatic N) is 3. The molecule has 0 spiro atoms. The van der Waals surface area contributed by atoms with Crippen LogP contribution in [0.4, 0.5) is 0 Å². The van der Waals surface area contributed by atoms with Crippen LogP contribution in [0.1, 0.15) is 36.2 Å². The van der Waals surface area contributed by atoms with Gasteiger partial charge in [-0.2, -0.15) is 0 Å². The molecule has 0 saturated heterocycles. The van der Waals surface area contributed by atoms with Gasteiger partial charge in [-0.3, -0.25) is 4.99 Å². The summed E-state index contributed by atoms with van der Waals surface area (Å²) in [7, 11) is 0. The Bertz CT molecular complexity index is 3010. The quantitative estimate of drug-likeness (QED) is 0.133. The zero-order valence-electron chi connectivity index (χ0n) is 31.7. The van der Waals surface area contributed by atoms with Crippen LogP contribution < -0.4 is 0 Å². The van der Waals surface area contributed by atoms with Gasteiger partial charge in [0.15, 0.2) is 0 Å². The summed E-state index contributed by atoms with van der Waals surface area (Å²) in [5, 5.41) is 3.57. The number of aromatic nitrogens is 2. The third kappa shape index (κ3) is 6.00. The minimum absolute atomic E-state index is 0.961. The van der Waals surface area contributed by atoms with Gasteiger partial charge in [-0.15, -0.1) is 0 Å². The molecule has 0 radical (unpaired) electrons. The van der Waals surface area contributed by atoms with Gasteiger partial charge in [0.25, 0.3) is 0 Å². The van der Waals surface area contributed by atoms with Gasteiger partial charge < -0.3 is 9.13 Å². The Morgan fingerprint density at radius 3 is 1.86 bits per heavy atom. The smallest absolute Gasteiger partial charge is 0.0662 e. The van der Waals surface area contributed by atoms with Crippen LogP contribution in [0.25, 0.3) is 84.2 Å². The molecule has 3 nitrogen and oxygen atoms in total. The van der Waals surface area contributed by atoms with E-state index in [2.05, 4.69) is 199 Å². The van der Waals surface area contributed by atoms with Gasteiger partial charge in [0.05, 0.1) is 27.9 Å². The molecule has 0 bridgehead atoms. The molecule has 0 aliphatic carbocycles. The van der Waals surface area contributed by atoms with Gasteiger partial charge in [0.2, 0.25) is 0 Å². The number of para-hydroxylation sites is 1. The van der Waals surface area contributed by atoms with E-state index in [-0.39, 0.29) is 0 Å². The summed E-state index contributed by atoms with van der Waals surface area (Å²) in [5.41, 5.74) is 16.5. The van der Waals surface area contributed by atoms with Crippen LogP contribution >= 0.6 is 0 Å². The predicted octanol–water partition coefficient (Wildman–Crippen LogP) is 14.2. The van der Waals surface area contributed by atoms with E-state index in [0.717, 1.165) is 72.7 Å². The van der Waals surface area contributed by atoms with Crippen molar-refractivity contribution in [3.8, 4) is 33.6 Å². The molecule has 0 N–H and O–H groups in total. The fourth-order valence-electron chi connectivity index (χ4n) is 8.11. The van der Waals surface area contributed by atoms with Crippen molar-refractivity contribution < 1.29 is 0 Å². The molecule has 0 saturated carbocycles. The standard InChI is InChI=1S/C53H41N3/c1-5-45-48-34-41(29-31-52(48)55(50(45)7-3)44-25-17-23-40(33-44)37-18-10-8-11-19-37)42-28-30-47-46-26-14-15-27-51(46)56(53(47)35-42)43-24-16-22-39(32-43)36(4)54-49(6-2)38-20-12-9-13-21-38/h5-35H,1,3H2,2,4H3/b49-6-,54-36?. The second-order valence-corrected chi connectivity index (χ2v) is 14.1. The van der Waals surface area contributed by atoms with Crippen molar-refractivity contribution >= 4 is 56.3 Å². The summed E-state index contributed by atoms with van der Waals surface area (Å²) in [6.07, 6.45) is 5.97. The van der Waals surface area contributed by atoms with Crippen LogP contribution in [0.2, 0.25) is 0 Å². The van der Waals surface area contributed by atoms with E-state index in [1.54, 1.807) is 0 Å². The van der Waals surface area contributed by atoms with Crippen molar-refractivity contribution in [2.75, 3.05) is 0 Å². The van der Waals surface area contributed by atoms with E-state index in [0.29, 0.717) is 0 Å². The minimum atomic E-state index is 0.961. The maximum absolute atomic E-state index is 5.08. The minimum Gasteiger partial charge on any atom is -0.309 e. The molecule has 2 aromatic heterocycles. The fraction of sp³-hybridized carbons (Fsp3) is 0.0377. The van der Waals surface area contributed by atoms with Crippen LogP contribution in [0, 0.1) is 0 Å². The van der Waals surface area contributed by atoms with Gasteiger partial charge in [0, 0.05) is 38.8 Å². The third-order valence-electron chi connectivity index (χ3n) is 10.8.